The van der Waals surface area contributed by atoms with Gasteiger partial charge in [0.25, 0.3) is 0 Å². The zero-order chi connectivity index (χ0) is 20.4. The number of esters is 1. The third-order valence-electron chi connectivity index (χ3n) is 5.01. The molecule has 1 amide bonds. The van der Waals surface area contributed by atoms with E-state index in [0.29, 0.717) is 6.42 Å². The zero-order valence-corrected chi connectivity index (χ0v) is 16.6. The maximum absolute atomic E-state index is 13.2. The van der Waals surface area contributed by atoms with Gasteiger partial charge in [-0.1, -0.05) is 67.6 Å². The van der Waals surface area contributed by atoms with Gasteiger partial charge in [-0.15, -0.1) is 0 Å². The van der Waals surface area contributed by atoms with Gasteiger partial charge in [0.15, 0.2) is 0 Å². The van der Waals surface area contributed by atoms with Gasteiger partial charge in [0.2, 0.25) is 5.91 Å². The molecule has 2 aromatic rings. The van der Waals surface area contributed by atoms with Crippen LogP contribution >= 0.6 is 0 Å². The second-order valence-corrected chi connectivity index (χ2v) is 6.74. The molecule has 0 heterocycles. The van der Waals surface area contributed by atoms with Gasteiger partial charge in [-0.3, -0.25) is 9.59 Å². The molecule has 1 N–H and O–H groups in total. The number of benzene rings is 2. The van der Waals surface area contributed by atoms with Gasteiger partial charge < -0.3 is 14.7 Å². The van der Waals surface area contributed by atoms with Gasteiger partial charge in [-0.25, -0.2) is 0 Å². The summed E-state index contributed by atoms with van der Waals surface area (Å²) in [6.45, 7) is 2.02. The van der Waals surface area contributed by atoms with E-state index in [-0.39, 0.29) is 49.8 Å². The summed E-state index contributed by atoms with van der Waals surface area (Å²) in [4.78, 5) is 26.4. The molecule has 0 aliphatic heterocycles. The first-order chi connectivity index (χ1) is 13.6. The first-order valence-corrected chi connectivity index (χ1v) is 9.67. The van der Waals surface area contributed by atoms with E-state index in [2.05, 4.69) is 0 Å². The Labute approximate surface area is 166 Å². The van der Waals surface area contributed by atoms with Crippen LogP contribution in [0.3, 0.4) is 0 Å². The van der Waals surface area contributed by atoms with E-state index < -0.39 is 0 Å². The molecule has 0 fully saturated rings. The fourth-order valence-electron chi connectivity index (χ4n) is 3.36. The molecule has 0 saturated heterocycles. The van der Waals surface area contributed by atoms with Gasteiger partial charge in [-0.05, 0) is 17.5 Å². The molecule has 0 spiro atoms. The molecule has 1 unspecified atom stereocenters. The standard InChI is InChI=1S/C23H29NO4/c1-3-20(17-25)24(15-14-23(27)28-2)22(26)16-21(18-10-6-4-7-11-18)19-12-8-5-9-13-19/h4-13,20-21,25H,3,14-17H2,1-2H3. The summed E-state index contributed by atoms with van der Waals surface area (Å²) in [6, 6.07) is 19.5. The second kappa shape index (κ2) is 11.2. The molecule has 150 valence electrons. The van der Waals surface area contributed by atoms with E-state index in [1.165, 1.54) is 7.11 Å². The van der Waals surface area contributed by atoms with Crippen molar-refractivity contribution in [2.24, 2.45) is 0 Å². The van der Waals surface area contributed by atoms with Crippen LogP contribution in [0.4, 0.5) is 0 Å². The Kier molecular flexibility index (Phi) is 8.69. The van der Waals surface area contributed by atoms with Crippen LogP contribution in [0.2, 0.25) is 0 Å². The van der Waals surface area contributed by atoms with Gasteiger partial charge in [-0.2, -0.15) is 0 Å². The van der Waals surface area contributed by atoms with Gasteiger partial charge >= 0.3 is 5.97 Å². The molecule has 5 heteroatoms. The van der Waals surface area contributed by atoms with Gasteiger partial charge in [0.05, 0.1) is 26.2 Å². The molecule has 2 rings (SSSR count). The largest absolute Gasteiger partial charge is 0.469 e. The number of aliphatic hydroxyl groups excluding tert-OH is 1. The van der Waals surface area contributed by atoms with Crippen molar-refractivity contribution < 1.29 is 19.4 Å². The highest BCUT2D eigenvalue weighted by Gasteiger charge is 2.26. The average molecular weight is 383 g/mol. The highest BCUT2D eigenvalue weighted by molar-refractivity contribution is 5.79. The lowest BCUT2D eigenvalue weighted by Gasteiger charge is -2.31. The van der Waals surface area contributed by atoms with Crippen molar-refractivity contribution in [2.45, 2.75) is 38.1 Å². The molecule has 28 heavy (non-hydrogen) atoms. The van der Waals surface area contributed by atoms with Crippen molar-refractivity contribution in [1.82, 2.24) is 4.90 Å². The lowest BCUT2D eigenvalue weighted by atomic mass is 9.88. The summed E-state index contributed by atoms with van der Waals surface area (Å²) in [5, 5.41) is 9.73. The lowest BCUT2D eigenvalue weighted by molar-refractivity contribution is -0.142. The summed E-state index contributed by atoms with van der Waals surface area (Å²) in [6.07, 6.45) is 0.997. The number of hydrogen-bond donors (Lipinski definition) is 1. The monoisotopic (exact) mass is 383 g/mol. The van der Waals surface area contributed by atoms with E-state index >= 15 is 0 Å². The summed E-state index contributed by atoms with van der Waals surface area (Å²) in [5.74, 6) is -0.539. The number of carbonyl (C=O) groups excluding carboxylic acids is 2. The molecule has 1 atom stereocenters. The van der Waals surface area contributed by atoms with E-state index in [9.17, 15) is 14.7 Å². The molecular formula is C23H29NO4. The molecular weight excluding hydrogens is 354 g/mol. The van der Waals surface area contributed by atoms with Crippen LogP contribution in [-0.2, 0) is 14.3 Å². The third kappa shape index (κ3) is 5.92. The van der Waals surface area contributed by atoms with Crippen LogP contribution in [0.1, 0.15) is 43.2 Å². The van der Waals surface area contributed by atoms with Crippen LogP contribution < -0.4 is 0 Å². The van der Waals surface area contributed by atoms with Crippen LogP contribution in [0.25, 0.3) is 0 Å². The maximum atomic E-state index is 13.2. The Bertz CT molecular complexity index is 689. The number of hydrogen-bond acceptors (Lipinski definition) is 4. The number of methoxy groups -OCH3 is 1. The van der Waals surface area contributed by atoms with Crippen LogP contribution in [0.5, 0.6) is 0 Å². The summed E-state index contributed by atoms with van der Waals surface area (Å²) in [5.41, 5.74) is 2.12. The summed E-state index contributed by atoms with van der Waals surface area (Å²) < 4.78 is 4.71. The second-order valence-electron chi connectivity index (χ2n) is 6.74. The lowest BCUT2D eigenvalue weighted by Crippen LogP contribution is -2.44. The Morgan fingerprint density at radius 3 is 1.96 bits per heavy atom. The fourth-order valence-corrected chi connectivity index (χ4v) is 3.36. The van der Waals surface area contributed by atoms with E-state index in [4.69, 9.17) is 4.74 Å². The minimum Gasteiger partial charge on any atom is -0.469 e. The smallest absolute Gasteiger partial charge is 0.307 e. The third-order valence-corrected chi connectivity index (χ3v) is 5.01. The molecule has 0 radical (unpaired) electrons. The molecule has 5 nitrogen and oxygen atoms in total. The quantitative estimate of drug-likeness (QED) is 0.639. The van der Waals surface area contributed by atoms with E-state index in [1.54, 1.807) is 4.90 Å². The number of rotatable bonds is 10. The Hall–Kier alpha value is -2.66. The molecule has 0 saturated carbocycles. The van der Waals surface area contributed by atoms with Gasteiger partial charge in [0, 0.05) is 18.9 Å². The minimum absolute atomic E-state index is 0.0810. The Morgan fingerprint density at radius 1 is 1.00 bits per heavy atom. The van der Waals surface area contributed by atoms with Crippen molar-refractivity contribution in [3.8, 4) is 0 Å². The maximum Gasteiger partial charge on any atom is 0.307 e. The molecule has 0 aromatic heterocycles. The number of aliphatic hydroxyl groups is 1. The average Bonchev–Trinajstić information content (AvgIpc) is 2.75. The van der Waals surface area contributed by atoms with E-state index in [1.807, 2.05) is 67.6 Å². The SMILES string of the molecule is CCC(CO)N(CCC(=O)OC)C(=O)CC(c1ccccc1)c1ccccc1. The highest BCUT2D eigenvalue weighted by atomic mass is 16.5. The Balaban J connectivity index is 2.26. The van der Waals surface area contributed by atoms with Crippen molar-refractivity contribution in [3.05, 3.63) is 71.8 Å². The normalized spacial score (nSPS) is 11.9. The molecule has 0 aliphatic carbocycles. The topological polar surface area (TPSA) is 66.8 Å². The Morgan fingerprint density at radius 2 is 1.54 bits per heavy atom. The van der Waals surface area contributed by atoms with Crippen molar-refractivity contribution in [3.63, 3.8) is 0 Å². The highest BCUT2D eigenvalue weighted by Crippen LogP contribution is 2.29. The number of nitrogens with zero attached hydrogens (tertiary/aromatic N) is 1. The van der Waals surface area contributed by atoms with Crippen molar-refractivity contribution in [1.29, 1.82) is 0 Å². The van der Waals surface area contributed by atoms with Crippen LogP contribution in [0.15, 0.2) is 60.7 Å². The number of amides is 1. The van der Waals surface area contributed by atoms with Crippen molar-refractivity contribution in [2.75, 3.05) is 20.3 Å². The van der Waals surface area contributed by atoms with Crippen LogP contribution in [0, 0.1) is 0 Å². The first kappa shape index (κ1) is 21.6. The minimum atomic E-state index is -0.367. The van der Waals surface area contributed by atoms with Crippen molar-refractivity contribution >= 4 is 11.9 Å². The summed E-state index contributed by atoms with van der Waals surface area (Å²) >= 11 is 0. The van der Waals surface area contributed by atoms with Crippen LogP contribution in [-0.4, -0.2) is 48.2 Å². The molecule has 0 aliphatic rings. The first-order valence-electron chi connectivity index (χ1n) is 9.67. The van der Waals surface area contributed by atoms with E-state index in [0.717, 1.165) is 11.1 Å². The summed E-state index contributed by atoms with van der Waals surface area (Å²) in [7, 11) is 1.33. The molecule has 2 aromatic carbocycles. The molecule has 0 bridgehead atoms. The number of ether oxygens (including phenoxy) is 1. The fraction of sp³-hybridized carbons (Fsp3) is 0.391. The zero-order valence-electron chi connectivity index (χ0n) is 16.6. The predicted octanol–water partition coefficient (Wildman–Crippen LogP) is 3.37. The van der Waals surface area contributed by atoms with Gasteiger partial charge in [0.1, 0.15) is 0 Å². The predicted molar refractivity (Wildman–Crippen MR) is 109 cm³/mol. The number of carbonyl (C=O) groups is 2.